The molecule has 21 heavy (non-hydrogen) atoms. The molecule has 1 rings (SSSR count). The molecule has 0 aliphatic heterocycles. The second-order valence-corrected chi connectivity index (χ2v) is 5.26. The van der Waals surface area contributed by atoms with E-state index in [1.807, 2.05) is 6.26 Å². The van der Waals surface area contributed by atoms with Gasteiger partial charge >= 0.3 is 5.97 Å². The lowest BCUT2D eigenvalue weighted by Gasteiger charge is -2.14. The lowest BCUT2D eigenvalue weighted by atomic mass is 10.1. The quantitative estimate of drug-likeness (QED) is 0.684. The van der Waals surface area contributed by atoms with E-state index in [0.29, 0.717) is 30.1 Å². The number of ether oxygens (including phenoxy) is 1. The second kappa shape index (κ2) is 9.07. The van der Waals surface area contributed by atoms with Crippen molar-refractivity contribution in [2.24, 2.45) is 0 Å². The number of carbonyl (C=O) groups excluding carboxylic acids is 1. The van der Waals surface area contributed by atoms with Gasteiger partial charge in [0.05, 0.1) is 0 Å². The topological polar surface area (TPSA) is 75.6 Å². The van der Waals surface area contributed by atoms with Gasteiger partial charge in [-0.1, -0.05) is 12.7 Å². The molecule has 1 amide bonds. The molecule has 0 radical (unpaired) electrons. The number of carboxylic acid groups (broad SMARTS) is 1. The van der Waals surface area contributed by atoms with Gasteiger partial charge in [-0.3, -0.25) is 4.79 Å². The first-order valence-electron chi connectivity index (χ1n) is 6.45. The molecular weight excluding hydrogens is 290 g/mol. The molecule has 0 unspecified atom stereocenters. The second-order valence-electron chi connectivity index (χ2n) is 4.27. The number of hydrogen-bond donors (Lipinski definition) is 2. The van der Waals surface area contributed by atoms with E-state index >= 15 is 0 Å². The molecule has 0 saturated heterocycles. The Bertz CT molecular complexity index is 487. The summed E-state index contributed by atoms with van der Waals surface area (Å²) >= 11 is 1.54. The van der Waals surface area contributed by atoms with Crippen LogP contribution >= 0.6 is 11.8 Å². The number of benzene rings is 1. The molecule has 0 fully saturated rings. The van der Waals surface area contributed by atoms with E-state index in [-0.39, 0.29) is 0 Å². The molecule has 0 spiro atoms. The Morgan fingerprint density at radius 1 is 1.43 bits per heavy atom. The van der Waals surface area contributed by atoms with Crippen LogP contribution in [0.3, 0.4) is 0 Å². The number of carbonyl (C=O) groups is 2. The normalized spacial score (nSPS) is 11.5. The molecule has 114 valence electrons. The van der Waals surface area contributed by atoms with E-state index in [4.69, 9.17) is 9.84 Å². The van der Waals surface area contributed by atoms with Crippen molar-refractivity contribution in [2.45, 2.75) is 12.5 Å². The fourth-order valence-electron chi connectivity index (χ4n) is 1.59. The fraction of sp³-hybridized carbons (Fsp3) is 0.333. The minimum atomic E-state index is -1.02. The van der Waals surface area contributed by atoms with Crippen molar-refractivity contribution in [3.05, 3.63) is 42.5 Å². The predicted molar refractivity (Wildman–Crippen MR) is 84.0 cm³/mol. The molecular formula is C15H19NO4S. The van der Waals surface area contributed by atoms with Crippen LogP contribution in [0.25, 0.3) is 0 Å². The van der Waals surface area contributed by atoms with Crippen LogP contribution in [0, 0.1) is 0 Å². The highest BCUT2D eigenvalue weighted by Gasteiger charge is 2.20. The van der Waals surface area contributed by atoms with Crippen LogP contribution < -0.4 is 10.1 Å². The smallest absolute Gasteiger partial charge is 0.326 e. The van der Waals surface area contributed by atoms with Crippen LogP contribution in [0.5, 0.6) is 5.75 Å². The predicted octanol–water partition coefficient (Wildman–Crippen LogP) is 2.19. The summed E-state index contributed by atoms with van der Waals surface area (Å²) in [7, 11) is 0. The number of carboxylic acids is 1. The SMILES string of the molecule is C=CCOc1ccc(C(=O)N[C@@H](CCSC)C(=O)O)cc1. The highest BCUT2D eigenvalue weighted by molar-refractivity contribution is 7.98. The van der Waals surface area contributed by atoms with Crippen LogP contribution in [-0.4, -0.2) is 41.6 Å². The maximum absolute atomic E-state index is 12.0. The van der Waals surface area contributed by atoms with Gasteiger partial charge in [0.25, 0.3) is 5.91 Å². The Balaban J connectivity index is 2.64. The zero-order chi connectivity index (χ0) is 15.7. The summed E-state index contributed by atoms with van der Waals surface area (Å²) in [5.74, 6) is -0.128. The van der Waals surface area contributed by atoms with E-state index in [9.17, 15) is 9.59 Å². The van der Waals surface area contributed by atoms with E-state index < -0.39 is 17.9 Å². The van der Waals surface area contributed by atoms with E-state index in [2.05, 4.69) is 11.9 Å². The van der Waals surface area contributed by atoms with Crippen molar-refractivity contribution in [2.75, 3.05) is 18.6 Å². The number of aliphatic carboxylic acids is 1. The maximum Gasteiger partial charge on any atom is 0.326 e. The van der Waals surface area contributed by atoms with Gasteiger partial charge < -0.3 is 15.2 Å². The third-order valence-corrected chi connectivity index (χ3v) is 3.34. The standard InChI is InChI=1S/C15H19NO4S/c1-3-9-20-12-6-4-11(5-7-12)14(17)16-13(15(18)19)8-10-21-2/h3-7,13H,1,8-10H2,2H3,(H,16,17)(H,18,19)/t13-/m0/s1. The fourth-order valence-corrected chi connectivity index (χ4v) is 2.06. The van der Waals surface area contributed by atoms with Gasteiger partial charge in [0.1, 0.15) is 18.4 Å². The summed E-state index contributed by atoms with van der Waals surface area (Å²) in [6, 6.07) is 5.65. The Kier molecular flexibility index (Phi) is 7.39. The van der Waals surface area contributed by atoms with Crippen molar-refractivity contribution in [1.29, 1.82) is 0 Å². The Labute approximate surface area is 128 Å². The van der Waals surface area contributed by atoms with Gasteiger partial charge in [-0.25, -0.2) is 4.79 Å². The number of hydrogen-bond acceptors (Lipinski definition) is 4. The van der Waals surface area contributed by atoms with Gasteiger partial charge in [0, 0.05) is 5.56 Å². The third-order valence-electron chi connectivity index (χ3n) is 2.70. The minimum Gasteiger partial charge on any atom is -0.490 e. The van der Waals surface area contributed by atoms with Crippen molar-refractivity contribution in [3.63, 3.8) is 0 Å². The van der Waals surface area contributed by atoms with Crippen LogP contribution in [0.15, 0.2) is 36.9 Å². The molecule has 0 heterocycles. The molecule has 2 N–H and O–H groups in total. The van der Waals surface area contributed by atoms with Gasteiger partial charge in [-0.15, -0.1) is 0 Å². The van der Waals surface area contributed by atoms with Crippen LogP contribution in [0.1, 0.15) is 16.8 Å². The number of nitrogens with one attached hydrogen (secondary N) is 1. The van der Waals surface area contributed by atoms with Crippen molar-refractivity contribution in [3.8, 4) is 5.75 Å². The molecule has 5 nitrogen and oxygen atoms in total. The summed E-state index contributed by atoms with van der Waals surface area (Å²) in [6.07, 6.45) is 3.91. The summed E-state index contributed by atoms with van der Waals surface area (Å²) in [6.45, 7) is 3.94. The molecule has 0 bridgehead atoms. The number of thioether (sulfide) groups is 1. The van der Waals surface area contributed by atoms with E-state index in [0.717, 1.165) is 0 Å². The molecule has 1 atom stereocenters. The zero-order valence-corrected chi connectivity index (χ0v) is 12.7. The van der Waals surface area contributed by atoms with Gasteiger partial charge in [-0.2, -0.15) is 11.8 Å². The first-order valence-corrected chi connectivity index (χ1v) is 7.84. The Morgan fingerprint density at radius 2 is 2.10 bits per heavy atom. The molecule has 0 aliphatic rings. The number of rotatable bonds is 9. The summed E-state index contributed by atoms with van der Waals surface area (Å²) in [5.41, 5.74) is 0.399. The minimum absolute atomic E-state index is 0.390. The largest absolute Gasteiger partial charge is 0.490 e. The first kappa shape index (κ1) is 17.1. The molecule has 0 saturated carbocycles. The van der Waals surface area contributed by atoms with Gasteiger partial charge in [0.15, 0.2) is 0 Å². The zero-order valence-electron chi connectivity index (χ0n) is 11.9. The van der Waals surface area contributed by atoms with Crippen LogP contribution in [-0.2, 0) is 4.79 Å². The highest BCUT2D eigenvalue weighted by atomic mass is 32.2. The summed E-state index contributed by atoms with van der Waals surface area (Å²) < 4.78 is 5.32. The van der Waals surface area contributed by atoms with Crippen molar-refractivity contribution < 1.29 is 19.4 Å². The van der Waals surface area contributed by atoms with Gasteiger partial charge in [-0.05, 0) is 42.7 Å². The highest BCUT2D eigenvalue weighted by Crippen LogP contribution is 2.12. The van der Waals surface area contributed by atoms with Crippen molar-refractivity contribution in [1.82, 2.24) is 5.32 Å². The first-order chi connectivity index (χ1) is 10.1. The Morgan fingerprint density at radius 3 is 2.62 bits per heavy atom. The average Bonchev–Trinajstić information content (AvgIpc) is 2.49. The lowest BCUT2D eigenvalue weighted by Crippen LogP contribution is -2.41. The van der Waals surface area contributed by atoms with Crippen LogP contribution in [0.4, 0.5) is 0 Å². The molecule has 0 aliphatic carbocycles. The van der Waals surface area contributed by atoms with E-state index in [1.165, 1.54) is 0 Å². The van der Waals surface area contributed by atoms with Gasteiger partial charge in [0.2, 0.25) is 0 Å². The monoisotopic (exact) mass is 309 g/mol. The number of amides is 1. The summed E-state index contributed by atoms with van der Waals surface area (Å²) in [4.78, 5) is 23.1. The van der Waals surface area contributed by atoms with Crippen LogP contribution in [0.2, 0.25) is 0 Å². The molecule has 6 heteroatoms. The van der Waals surface area contributed by atoms with E-state index in [1.54, 1.807) is 42.1 Å². The Hall–Kier alpha value is -1.95. The lowest BCUT2D eigenvalue weighted by molar-refractivity contribution is -0.139. The molecule has 1 aromatic carbocycles. The maximum atomic E-state index is 12.0. The average molecular weight is 309 g/mol. The molecule has 0 aromatic heterocycles. The third kappa shape index (κ3) is 5.91. The summed E-state index contributed by atoms with van der Waals surface area (Å²) in [5, 5.41) is 11.6. The molecule has 1 aromatic rings. The van der Waals surface area contributed by atoms with Crippen molar-refractivity contribution >= 4 is 23.6 Å².